The van der Waals surface area contributed by atoms with Gasteiger partial charge in [-0.25, -0.2) is 4.98 Å². The van der Waals surface area contributed by atoms with Crippen LogP contribution >= 0.6 is 11.8 Å². The highest BCUT2D eigenvalue weighted by Gasteiger charge is 2.01. The zero-order valence-corrected chi connectivity index (χ0v) is 13.1. The second-order valence-corrected chi connectivity index (χ2v) is 5.90. The van der Waals surface area contributed by atoms with Crippen molar-refractivity contribution in [2.24, 2.45) is 0 Å². The van der Waals surface area contributed by atoms with E-state index in [0.29, 0.717) is 0 Å². The zero-order chi connectivity index (χ0) is 14.4. The minimum atomic E-state index is 0.851. The summed E-state index contributed by atoms with van der Waals surface area (Å²) >= 11 is 1.80. The van der Waals surface area contributed by atoms with Gasteiger partial charge in [-0.15, -0.1) is 11.8 Å². The maximum absolute atomic E-state index is 4.44. The number of nitrogens with one attached hydrogen (secondary N) is 1. The van der Waals surface area contributed by atoms with Crippen LogP contribution in [0.5, 0.6) is 0 Å². The van der Waals surface area contributed by atoms with Crippen molar-refractivity contribution >= 4 is 17.6 Å². The van der Waals surface area contributed by atoms with Crippen LogP contribution in [0.1, 0.15) is 30.2 Å². The van der Waals surface area contributed by atoms with Gasteiger partial charge in [-0.1, -0.05) is 13.0 Å². The predicted octanol–water partition coefficient (Wildman–Crippen LogP) is 4.21. The Morgan fingerprint density at radius 3 is 2.60 bits per heavy atom. The van der Waals surface area contributed by atoms with E-state index in [-0.39, 0.29) is 0 Å². The fourth-order valence-electron chi connectivity index (χ4n) is 1.73. The van der Waals surface area contributed by atoms with Crippen LogP contribution in [0.3, 0.4) is 0 Å². The molecule has 0 aliphatic rings. The van der Waals surface area contributed by atoms with Crippen molar-refractivity contribution in [3.8, 4) is 0 Å². The molecular weight excluding hydrogens is 266 g/mol. The molecule has 4 heteroatoms. The number of aromatic nitrogens is 2. The SMILES string of the molecule is CCCNc1cnc(CSc2ccc(C)c(C)c2)cn1. The van der Waals surface area contributed by atoms with Crippen LogP contribution in [-0.4, -0.2) is 16.5 Å². The lowest BCUT2D eigenvalue weighted by Gasteiger charge is -2.06. The summed E-state index contributed by atoms with van der Waals surface area (Å²) in [6.07, 6.45) is 4.75. The Bertz CT molecular complexity index is 552. The number of hydrogen-bond acceptors (Lipinski definition) is 4. The van der Waals surface area contributed by atoms with E-state index < -0.39 is 0 Å². The van der Waals surface area contributed by atoms with Gasteiger partial charge in [0.15, 0.2) is 0 Å². The Morgan fingerprint density at radius 2 is 1.95 bits per heavy atom. The van der Waals surface area contributed by atoms with E-state index >= 15 is 0 Å². The van der Waals surface area contributed by atoms with Gasteiger partial charge in [0.05, 0.1) is 18.1 Å². The van der Waals surface area contributed by atoms with Crippen LogP contribution in [-0.2, 0) is 5.75 Å². The first kappa shape index (κ1) is 14.9. The van der Waals surface area contributed by atoms with Crippen LogP contribution in [0.25, 0.3) is 0 Å². The molecule has 0 saturated carbocycles. The van der Waals surface area contributed by atoms with E-state index in [4.69, 9.17) is 0 Å². The molecule has 1 heterocycles. The van der Waals surface area contributed by atoms with Crippen LogP contribution in [0.4, 0.5) is 5.82 Å². The van der Waals surface area contributed by atoms with Crippen molar-refractivity contribution in [3.63, 3.8) is 0 Å². The lowest BCUT2D eigenvalue weighted by molar-refractivity contribution is 0.960. The molecule has 0 amide bonds. The monoisotopic (exact) mass is 287 g/mol. The van der Waals surface area contributed by atoms with E-state index in [2.05, 4.69) is 54.3 Å². The minimum Gasteiger partial charge on any atom is -0.369 e. The second kappa shape index (κ2) is 7.29. The van der Waals surface area contributed by atoms with E-state index in [1.54, 1.807) is 11.8 Å². The molecule has 0 saturated heterocycles. The molecule has 20 heavy (non-hydrogen) atoms. The van der Waals surface area contributed by atoms with Crippen molar-refractivity contribution in [2.45, 2.75) is 37.8 Å². The molecule has 2 aromatic rings. The Morgan fingerprint density at radius 1 is 1.10 bits per heavy atom. The van der Waals surface area contributed by atoms with Gasteiger partial charge in [0, 0.05) is 17.2 Å². The summed E-state index contributed by atoms with van der Waals surface area (Å²) in [5.74, 6) is 1.70. The number of aryl methyl sites for hydroxylation is 2. The third kappa shape index (κ3) is 4.23. The highest BCUT2D eigenvalue weighted by Crippen LogP contribution is 2.24. The van der Waals surface area contributed by atoms with Crippen LogP contribution < -0.4 is 5.32 Å². The summed E-state index contributed by atoms with van der Waals surface area (Å²) in [5, 5.41) is 3.23. The lowest BCUT2D eigenvalue weighted by atomic mass is 10.1. The number of nitrogens with zero attached hydrogens (tertiary/aromatic N) is 2. The normalized spacial score (nSPS) is 10.6. The summed E-state index contributed by atoms with van der Waals surface area (Å²) in [7, 11) is 0. The summed E-state index contributed by atoms with van der Waals surface area (Å²) in [6.45, 7) is 7.35. The molecule has 0 atom stereocenters. The molecule has 0 aliphatic carbocycles. The fraction of sp³-hybridized carbons (Fsp3) is 0.375. The Labute approximate surface area is 125 Å². The quantitative estimate of drug-likeness (QED) is 0.808. The van der Waals surface area contributed by atoms with Crippen LogP contribution in [0.2, 0.25) is 0 Å². The van der Waals surface area contributed by atoms with Crippen molar-refractivity contribution < 1.29 is 0 Å². The minimum absolute atomic E-state index is 0.851. The smallest absolute Gasteiger partial charge is 0.144 e. The first-order valence-electron chi connectivity index (χ1n) is 6.94. The number of rotatable bonds is 6. The molecule has 0 spiro atoms. The van der Waals surface area contributed by atoms with E-state index in [1.165, 1.54) is 16.0 Å². The summed E-state index contributed by atoms with van der Waals surface area (Å²) in [6, 6.07) is 6.56. The molecule has 0 fully saturated rings. The van der Waals surface area contributed by atoms with E-state index in [9.17, 15) is 0 Å². The zero-order valence-electron chi connectivity index (χ0n) is 12.3. The van der Waals surface area contributed by atoms with Crippen molar-refractivity contribution in [1.82, 2.24) is 9.97 Å². The van der Waals surface area contributed by atoms with Crippen LogP contribution in [0.15, 0.2) is 35.5 Å². The molecular formula is C16H21N3S. The third-order valence-electron chi connectivity index (χ3n) is 3.13. The van der Waals surface area contributed by atoms with E-state index in [0.717, 1.165) is 30.2 Å². The largest absolute Gasteiger partial charge is 0.369 e. The number of hydrogen-bond donors (Lipinski definition) is 1. The second-order valence-electron chi connectivity index (χ2n) is 4.85. The fourth-order valence-corrected chi connectivity index (χ4v) is 2.62. The van der Waals surface area contributed by atoms with Gasteiger partial charge in [-0.05, 0) is 43.5 Å². The summed E-state index contributed by atoms with van der Waals surface area (Å²) in [5.41, 5.74) is 3.68. The lowest BCUT2D eigenvalue weighted by Crippen LogP contribution is -2.02. The first-order chi connectivity index (χ1) is 9.69. The highest BCUT2D eigenvalue weighted by atomic mass is 32.2. The van der Waals surface area contributed by atoms with Crippen molar-refractivity contribution in [1.29, 1.82) is 0 Å². The van der Waals surface area contributed by atoms with Crippen molar-refractivity contribution in [2.75, 3.05) is 11.9 Å². The molecule has 2 rings (SSSR count). The molecule has 1 aromatic heterocycles. The van der Waals surface area contributed by atoms with Gasteiger partial charge in [-0.2, -0.15) is 0 Å². The van der Waals surface area contributed by atoms with Gasteiger partial charge in [0.25, 0.3) is 0 Å². The Hall–Kier alpha value is -1.55. The standard InChI is InChI=1S/C16H21N3S/c1-4-7-17-16-10-18-14(9-19-16)11-20-15-6-5-12(2)13(3)8-15/h5-6,8-10H,4,7,11H2,1-3H3,(H,17,19). The molecule has 106 valence electrons. The Balaban J connectivity index is 1.91. The third-order valence-corrected chi connectivity index (χ3v) is 4.15. The van der Waals surface area contributed by atoms with Crippen molar-refractivity contribution in [3.05, 3.63) is 47.4 Å². The van der Waals surface area contributed by atoms with E-state index in [1.807, 2.05) is 12.4 Å². The molecule has 0 aliphatic heterocycles. The molecule has 3 nitrogen and oxygen atoms in total. The molecule has 0 unspecified atom stereocenters. The molecule has 0 radical (unpaired) electrons. The van der Waals surface area contributed by atoms with Gasteiger partial charge >= 0.3 is 0 Å². The average Bonchev–Trinajstić information content (AvgIpc) is 2.47. The number of anilines is 1. The maximum Gasteiger partial charge on any atom is 0.144 e. The number of thioether (sulfide) groups is 1. The van der Waals surface area contributed by atoms with Gasteiger partial charge in [0.1, 0.15) is 5.82 Å². The maximum atomic E-state index is 4.44. The first-order valence-corrected chi connectivity index (χ1v) is 7.92. The van der Waals surface area contributed by atoms with Gasteiger partial charge in [-0.3, -0.25) is 4.98 Å². The Kier molecular flexibility index (Phi) is 5.41. The molecule has 0 bridgehead atoms. The average molecular weight is 287 g/mol. The van der Waals surface area contributed by atoms with Crippen LogP contribution in [0, 0.1) is 13.8 Å². The van der Waals surface area contributed by atoms with Gasteiger partial charge < -0.3 is 5.32 Å². The predicted molar refractivity (Wildman–Crippen MR) is 86.3 cm³/mol. The topological polar surface area (TPSA) is 37.8 Å². The molecule has 1 N–H and O–H groups in total. The van der Waals surface area contributed by atoms with Gasteiger partial charge in [0.2, 0.25) is 0 Å². The molecule has 1 aromatic carbocycles. The summed E-state index contributed by atoms with van der Waals surface area (Å²) < 4.78 is 0. The number of benzene rings is 1. The highest BCUT2D eigenvalue weighted by molar-refractivity contribution is 7.98. The summed E-state index contributed by atoms with van der Waals surface area (Å²) in [4.78, 5) is 10.1.